The Bertz CT molecular complexity index is 343. The molecule has 0 aromatic heterocycles. The fourth-order valence-corrected chi connectivity index (χ4v) is 2.56. The quantitative estimate of drug-likeness (QED) is 0.814. The van der Waals surface area contributed by atoms with Crippen molar-refractivity contribution in [2.45, 2.75) is 50.5 Å². The molecule has 6 heteroatoms. The van der Waals surface area contributed by atoms with Crippen LogP contribution >= 0.6 is 0 Å². The molecule has 2 saturated carbocycles. The number of carboxylic acids is 1. The average molecular weight is 261 g/mol. The molecule has 2 fully saturated rings. The molecule has 0 saturated heterocycles. The summed E-state index contributed by atoms with van der Waals surface area (Å²) in [5.41, 5.74) is 0. The second-order valence-electron chi connectivity index (χ2n) is 5.34. The van der Waals surface area contributed by atoms with E-state index < -0.39 is 11.9 Å². The number of aliphatic carboxylic acids is 1. The minimum absolute atomic E-state index is 0.0963. The summed E-state index contributed by atoms with van der Waals surface area (Å²) in [6, 6.07) is -0.0963. The Morgan fingerprint density at radius 1 is 1.11 bits per heavy atom. The molecule has 1 amide bonds. The summed E-state index contributed by atoms with van der Waals surface area (Å²) in [5, 5.41) is 11.4. The van der Waals surface area contributed by atoms with Crippen LogP contribution in [0.4, 0.5) is 8.78 Å². The maximum Gasteiger partial charge on any atom is 0.306 e. The van der Waals surface area contributed by atoms with Crippen molar-refractivity contribution >= 4 is 11.9 Å². The summed E-state index contributed by atoms with van der Waals surface area (Å²) in [6.45, 7) is 0. The van der Waals surface area contributed by atoms with E-state index in [0.717, 1.165) is 0 Å². The van der Waals surface area contributed by atoms with Gasteiger partial charge in [0.2, 0.25) is 11.8 Å². The zero-order chi connectivity index (χ0) is 13.3. The van der Waals surface area contributed by atoms with Crippen LogP contribution in [0.3, 0.4) is 0 Å². The lowest BCUT2D eigenvalue weighted by Crippen LogP contribution is -2.49. The molecular formula is C12H17F2NO3. The topological polar surface area (TPSA) is 66.4 Å². The van der Waals surface area contributed by atoms with Crippen molar-refractivity contribution in [1.82, 2.24) is 5.32 Å². The van der Waals surface area contributed by atoms with Crippen LogP contribution in [0.5, 0.6) is 0 Å². The van der Waals surface area contributed by atoms with Crippen molar-refractivity contribution in [2.75, 3.05) is 0 Å². The van der Waals surface area contributed by atoms with Crippen molar-refractivity contribution < 1.29 is 23.5 Å². The Morgan fingerprint density at radius 3 is 2.17 bits per heavy atom. The summed E-state index contributed by atoms with van der Waals surface area (Å²) in [7, 11) is 0. The van der Waals surface area contributed by atoms with Crippen LogP contribution in [-0.4, -0.2) is 28.9 Å². The van der Waals surface area contributed by atoms with E-state index in [-0.39, 0.29) is 49.5 Å². The average Bonchev–Trinajstić information content (AvgIpc) is 2.21. The Hall–Kier alpha value is -1.20. The molecule has 0 atom stereocenters. The van der Waals surface area contributed by atoms with Crippen molar-refractivity contribution in [3.63, 3.8) is 0 Å². The number of rotatable bonds is 3. The number of carbonyl (C=O) groups excluding carboxylic acids is 1. The van der Waals surface area contributed by atoms with E-state index in [1.165, 1.54) is 0 Å². The van der Waals surface area contributed by atoms with Gasteiger partial charge in [-0.05, 0) is 25.7 Å². The third-order valence-electron chi connectivity index (χ3n) is 3.92. The highest BCUT2D eigenvalue weighted by molar-refractivity contribution is 5.79. The molecule has 0 aliphatic heterocycles. The monoisotopic (exact) mass is 261 g/mol. The van der Waals surface area contributed by atoms with E-state index in [4.69, 9.17) is 5.11 Å². The molecular weight excluding hydrogens is 244 g/mol. The number of hydrogen-bond acceptors (Lipinski definition) is 2. The predicted octanol–water partition coefficient (Wildman–Crippen LogP) is 1.79. The van der Waals surface area contributed by atoms with E-state index in [1.54, 1.807) is 0 Å². The molecule has 2 aliphatic carbocycles. The van der Waals surface area contributed by atoms with Gasteiger partial charge >= 0.3 is 5.97 Å². The number of carboxylic acid groups (broad SMARTS) is 1. The van der Waals surface area contributed by atoms with Gasteiger partial charge in [-0.1, -0.05) is 0 Å². The second-order valence-corrected chi connectivity index (χ2v) is 5.34. The lowest BCUT2D eigenvalue weighted by atomic mass is 9.79. The molecule has 0 heterocycles. The molecule has 0 radical (unpaired) electrons. The third-order valence-corrected chi connectivity index (χ3v) is 3.92. The predicted molar refractivity (Wildman–Crippen MR) is 59.2 cm³/mol. The standard InChI is InChI=1S/C12H17F2NO3/c13-12(14)3-1-7(2-4-12)10(16)15-9-5-8(6-9)11(17)18/h7-9H,1-6H2,(H,15,16)(H,17,18). The van der Waals surface area contributed by atoms with Crippen molar-refractivity contribution in [3.8, 4) is 0 Å². The minimum atomic E-state index is -2.62. The first kappa shape index (κ1) is 13.2. The molecule has 2 aliphatic rings. The Kier molecular flexibility index (Phi) is 3.54. The fraction of sp³-hybridized carbons (Fsp3) is 0.833. The first-order chi connectivity index (χ1) is 8.37. The van der Waals surface area contributed by atoms with Crippen LogP contribution in [0.2, 0.25) is 0 Å². The maximum absolute atomic E-state index is 12.9. The highest BCUT2D eigenvalue weighted by atomic mass is 19.3. The van der Waals surface area contributed by atoms with Gasteiger partial charge in [0.05, 0.1) is 5.92 Å². The number of hydrogen-bond donors (Lipinski definition) is 2. The van der Waals surface area contributed by atoms with E-state index in [2.05, 4.69) is 5.32 Å². The van der Waals surface area contributed by atoms with Crippen LogP contribution in [0, 0.1) is 11.8 Å². The van der Waals surface area contributed by atoms with Gasteiger partial charge in [0.1, 0.15) is 0 Å². The number of nitrogens with one attached hydrogen (secondary N) is 1. The van der Waals surface area contributed by atoms with Gasteiger partial charge in [0.25, 0.3) is 0 Å². The van der Waals surface area contributed by atoms with Crippen LogP contribution < -0.4 is 5.32 Å². The van der Waals surface area contributed by atoms with Crippen molar-refractivity contribution in [1.29, 1.82) is 0 Å². The molecule has 0 bridgehead atoms. The molecule has 0 aromatic rings. The SMILES string of the molecule is O=C(O)C1CC(NC(=O)C2CCC(F)(F)CC2)C1. The Labute approximate surface area is 104 Å². The first-order valence-electron chi connectivity index (χ1n) is 6.28. The van der Waals surface area contributed by atoms with E-state index in [9.17, 15) is 18.4 Å². The van der Waals surface area contributed by atoms with Gasteiger partial charge < -0.3 is 10.4 Å². The number of alkyl halides is 2. The van der Waals surface area contributed by atoms with Gasteiger partial charge in [0, 0.05) is 24.8 Å². The summed E-state index contributed by atoms with van der Waals surface area (Å²) in [4.78, 5) is 22.4. The molecule has 4 nitrogen and oxygen atoms in total. The van der Waals surface area contributed by atoms with Gasteiger partial charge in [-0.2, -0.15) is 0 Å². The smallest absolute Gasteiger partial charge is 0.306 e. The van der Waals surface area contributed by atoms with Crippen LogP contribution in [0.25, 0.3) is 0 Å². The summed E-state index contributed by atoms with van der Waals surface area (Å²) >= 11 is 0. The normalized spacial score (nSPS) is 31.4. The Morgan fingerprint density at radius 2 is 1.67 bits per heavy atom. The number of halogens is 2. The lowest BCUT2D eigenvalue weighted by Gasteiger charge is -2.35. The highest BCUT2D eigenvalue weighted by Gasteiger charge is 2.40. The molecule has 18 heavy (non-hydrogen) atoms. The van der Waals surface area contributed by atoms with Crippen LogP contribution in [-0.2, 0) is 9.59 Å². The number of amides is 1. The van der Waals surface area contributed by atoms with Gasteiger partial charge in [-0.15, -0.1) is 0 Å². The zero-order valence-corrected chi connectivity index (χ0v) is 9.99. The largest absolute Gasteiger partial charge is 0.481 e. The summed E-state index contributed by atoms with van der Waals surface area (Å²) < 4.78 is 25.8. The number of carbonyl (C=O) groups is 2. The third kappa shape index (κ3) is 2.97. The Balaban J connectivity index is 1.72. The summed E-state index contributed by atoms with van der Waals surface area (Å²) in [5.74, 6) is -4.36. The van der Waals surface area contributed by atoms with Crippen LogP contribution in [0.15, 0.2) is 0 Å². The highest BCUT2D eigenvalue weighted by Crippen LogP contribution is 2.36. The van der Waals surface area contributed by atoms with Crippen molar-refractivity contribution in [2.24, 2.45) is 11.8 Å². The molecule has 2 N–H and O–H groups in total. The molecule has 102 valence electrons. The van der Waals surface area contributed by atoms with E-state index >= 15 is 0 Å². The van der Waals surface area contributed by atoms with E-state index in [0.29, 0.717) is 12.8 Å². The fourth-order valence-electron chi connectivity index (χ4n) is 2.56. The second kappa shape index (κ2) is 4.82. The minimum Gasteiger partial charge on any atom is -0.481 e. The summed E-state index contributed by atoms with van der Waals surface area (Å²) in [6.07, 6.45) is 0.872. The zero-order valence-electron chi connectivity index (χ0n) is 9.99. The molecule has 0 aromatic carbocycles. The lowest BCUT2D eigenvalue weighted by molar-refractivity contribution is -0.146. The molecule has 0 unspecified atom stereocenters. The van der Waals surface area contributed by atoms with Gasteiger partial charge in [-0.3, -0.25) is 9.59 Å². The maximum atomic E-state index is 12.9. The molecule has 0 spiro atoms. The van der Waals surface area contributed by atoms with Crippen molar-refractivity contribution in [3.05, 3.63) is 0 Å². The van der Waals surface area contributed by atoms with Crippen LogP contribution in [0.1, 0.15) is 38.5 Å². The first-order valence-corrected chi connectivity index (χ1v) is 6.28. The van der Waals surface area contributed by atoms with E-state index in [1.807, 2.05) is 0 Å². The van der Waals surface area contributed by atoms with Gasteiger partial charge in [-0.25, -0.2) is 8.78 Å². The van der Waals surface area contributed by atoms with Gasteiger partial charge in [0.15, 0.2) is 0 Å². The molecule has 2 rings (SSSR count).